The molecular formula is C18H32N2. The highest BCUT2D eigenvalue weighted by Crippen LogP contribution is 2.17. The van der Waals surface area contributed by atoms with Crippen molar-refractivity contribution in [3.05, 3.63) is 29.8 Å². The molecule has 1 atom stereocenters. The summed E-state index contributed by atoms with van der Waals surface area (Å²) in [5.41, 5.74) is 7.98. The molecule has 0 spiro atoms. The maximum absolute atomic E-state index is 5.76. The van der Waals surface area contributed by atoms with E-state index in [9.17, 15) is 0 Å². The minimum absolute atomic E-state index is 0.843. The van der Waals surface area contributed by atoms with Crippen LogP contribution in [0.5, 0.6) is 0 Å². The van der Waals surface area contributed by atoms with Gasteiger partial charge in [0.2, 0.25) is 0 Å². The molecule has 0 aromatic heterocycles. The second-order valence-electron chi connectivity index (χ2n) is 5.89. The maximum atomic E-state index is 5.76. The van der Waals surface area contributed by atoms with E-state index in [2.05, 4.69) is 37.8 Å². The average Bonchev–Trinajstić information content (AvgIpc) is 2.46. The quantitative estimate of drug-likeness (QED) is 0.628. The SMILES string of the molecule is CCCCC(CC)CN(CCC)Cc1ccc(N)cc1. The van der Waals surface area contributed by atoms with Crippen LogP contribution in [0, 0.1) is 5.92 Å². The van der Waals surface area contributed by atoms with E-state index in [4.69, 9.17) is 5.73 Å². The maximum Gasteiger partial charge on any atom is 0.0314 e. The molecule has 2 heteroatoms. The lowest BCUT2D eigenvalue weighted by Gasteiger charge is -2.27. The number of hydrogen-bond acceptors (Lipinski definition) is 2. The summed E-state index contributed by atoms with van der Waals surface area (Å²) in [7, 11) is 0. The fourth-order valence-corrected chi connectivity index (χ4v) is 2.71. The van der Waals surface area contributed by atoms with Crippen LogP contribution in [0.4, 0.5) is 5.69 Å². The lowest BCUT2D eigenvalue weighted by atomic mass is 9.98. The van der Waals surface area contributed by atoms with Crippen LogP contribution in [-0.4, -0.2) is 18.0 Å². The van der Waals surface area contributed by atoms with Gasteiger partial charge in [-0.3, -0.25) is 4.90 Å². The smallest absolute Gasteiger partial charge is 0.0314 e. The molecule has 0 heterocycles. The fraction of sp³-hybridized carbons (Fsp3) is 0.667. The lowest BCUT2D eigenvalue weighted by Crippen LogP contribution is -2.30. The summed E-state index contributed by atoms with van der Waals surface area (Å²) >= 11 is 0. The Hall–Kier alpha value is -1.02. The van der Waals surface area contributed by atoms with Crippen molar-refractivity contribution in [2.24, 2.45) is 5.92 Å². The topological polar surface area (TPSA) is 29.3 Å². The Bertz CT molecular complexity index is 345. The van der Waals surface area contributed by atoms with Crippen molar-refractivity contribution in [2.75, 3.05) is 18.8 Å². The van der Waals surface area contributed by atoms with E-state index in [0.29, 0.717) is 0 Å². The van der Waals surface area contributed by atoms with Gasteiger partial charge in [-0.2, -0.15) is 0 Å². The van der Waals surface area contributed by atoms with E-state index in [1.165, 1.54) is 50.8 Å². The van der Waals surface area contributed by atoms with Gasteiger partial charge in [-0.1, -0.05) is 52.2 Å². The van der Waals surface area contributed by atoms with Gasteiger partial charge in [-0.15, -0.1) is 0 Å². The van der Waals surface area contributed by atoms with Crippen molar-refractivity contribution in [1.82, 2.24) is 4.90 Å². The van der Waals surface area contributed by atoms with Crippen LogP contribution < -0.4 is 5.73 Å². The first-order chi connectivity index (χ1) is 9.69. The van der Waals surface area contributed by atoms with Gasteiger partial charge in [0.05, 0.1) is 0 Å². The molecule has 20 heavy (non-hydrogen) atoms. The molecule has 1 unspecified atom stereocenters. The molecule has 0 aliphatic heterocycles. The molecule has 2 nitrogen and oxygen atoms in total. The molecule has 0 fully saturated rings. The van der Waals surface area contributed by atoms with Crippen LogP contribution in [0.15, 0.2) is 24.3 Å². The standard InChI is InChI=1S/C18H32N2/c1-4-7-8-16(6-3)14-20(13-5-2)15-17-9-11-18(19)12-10-17/h9-12,16H,4-8,13-15,19H2,1-3H3. The summed E-state index contributed by atoms with van der Waals surface area (Å²) in [5.74, 6) is 0.843. The van der Waals surface area contributed by atoms with E-state index in [1.54, 1.807) is 0 Å². The van der Waals surface area contributed by atoms with Crippen molar-refractivity contribution < 1.29 is 0 Å². The van der Waals surface area contributed by atoms with Gasteiger partial charge in [0, 0.05) is 18.8 Å². The Balaban J connectivity index is 2.55. The molecule has 0 saturated carbocycles. The Kier molecular flexibility index (Phi) is 8.36. The van der Waals surface area contributed by atoms with Gasteiger partial charge in [0.15, 0.2) is 0 Å². The zero-order chi connectivity index (χ0) is 14.8. The highest BCUT2D eigenvalue weighted by molar-refractivity contribution is 5.39. The number of nitrogens with two attached hydrogens (primary N) is 1. The first-order valence-electron chi connectivity index (χ1n) is 8.26. The lowest BCUT2D eigenvalue weighted by molar-refractivity contribution is 0.211. The van der Waals surface area contributed by atoms with Crippen molar-refractivity contribution in [3.63, 3.8) is 0 Å². The van der Waals surface area contributed by atoms with Crippen LogP contribution in [0.1, 0.15) is 58.4 Å². The number of anilines is 1. The van der Waals surface area contributed by atoms with E-state index in [-0.39, 0.29) is 0 Å². The number of nitrogens with zero attached hydrogens (tertiary/aromatic N) is 1. The van der Waals surface area contributed by atoms with Gasteiger partial charge in [0.1, 0.15) is 0 Å². The predicted molar refractivity (Wildman–Crippen MR) is 89.7 cm³/mol. The van der Waals surface area contributed by atoms with Gasteiger partial charge in [-0.25, -0.2) is 0 Å². The molecule has 114 valence electrons. The summed E-state index contributed by atoms with van der Waals surface area (Å²) < 4.78 is 0. The number of hydrogen-bond donors (Lipinski definition) is 1. The molecule has 0 saturated heterocycles. The first kappa shape index (κ1) is 17.0. The predicted octanol–water partition coefficient (Wildman–Crippen LogP) is 4.70. The van der Waals surface area contributed by atoms with Crippen molar-refractivity contribution in [2.45, 2.75) is 59.4 Å². The molecule has 0 bridgehead atoms. The summed E-state index contributed by atoms with van der Waals surface area (Å²) in [6.45, 7) is 10.3. The number of unbranched alkanes of at least 4 members (excludes halogenated alkanes) is 1. The third kappa shape index (κ3) is 6.42. The van der Waals surface area contributed by atoms with E-state index >= 15 is 0 Å². The highest BCUT2D eigenvalue weighted by atomic mass is 15.1. The molecule has 0 radical (unpaired) electrons. The van der Waals surface area contributed by atoms with Crippen LogP contribution in [0.25, 0.3) is 0 Å². The second-order valence-corrected chi connectivity index (χ2v) is 5.89. The Morgan fingerprint density at radius 3 is 2.30 bits per heavy atom. The number of rotatable bonds is 10. The zero-order valence-electron chi connectivity index (χ0n) is 13.6. The molecule has 0 aliphatic rings. The summed E-state index contributed by atoms with van der Waals surface area (Å²) in [5, 5.41) is 0. The van der Waals surface area contributed by atoms with Crippen molar-refractivity contribution >= 4 is 5.69 Å². The number of nitrogen functional groups attached to an aromatic ring is 1. The van der Waals surface area contributed by atoms with Crippen molar-refractivity contribution in [1.29, 1.82) is 0 Å². The van der Waals surface area contributed by atoms with Gasteiger partial charge < -0.3 is 5.73 Å². The molecule has 1 aromatic carbocycles. The molecular weight excluding hydrogens is 244 g/mol. The van der Waals surface area contributed by atoms with E-state index < -0.39 is 0 Å². The van der Waals surface area contributed by atoms with Crippen LogP contribution >= 0.6 is 0 Å². The summed E-state index contributed by atoms with van der Waals surface area (Å²) in [6.07, 6.45) is 6.55. The second kappa shape index (κ2) is 9.82. The summed E-state index contributed by atoms with van der Waals surface area (Å²) in [6, 6.07) is 8.33. The average molecular weight is 276 g/mol. The Labute approximate surface area is 125 Å². The fourth-order valence-electron chi connectivity index (χ4n) is 2.71. The Morgan fingerprint density at radius 2 is 1.75 bits per heavy atom. The van der Waals surface area contributed by atoms with E-state index in [1.807, 2.05) is 12.1 Å². The van der Waals surface area contributed by atoms with Gasteiger partial charge >= 0.3 is 0 Å². The van der Waals surface area contributed by atoms with Crippen LogP contribution in [0.3, 0.4) is 0 Å². The summed E-state index contributed by atoms with van der Waals surface area (Å²) in [4.78, 5) is 2.61. The van der Waals surface area contributed by atoms with E-state index in [0.717, 1.165) is 18.2 Å². The third-order valence-electron chi connectivity index (χ3n) is 3.99. The third-order valence-corrected chi connectivity index (χ3v) is 3.99. The Morgan fingerprint density at radius 1 is 1.05 bits per heavy atom. The first-order valence-corrected chi connectivity index (χ1v) is 8.26. The van der Waals surface area contributed by atoms with Crippen molar-refractivity contribution in [3.8, 4) is 0 Å². The molecule has 1 aromatic rings. The molecule has 2 N–H and O–H groups in total. The monoisotopic (exact) mass is 276 g/mol. The molecule has 0 amide bonds. The largest absolute Gasteiger partial charge is 0.399 e. The number of benzene rings is 1. The van der Waals surface area contributed by atoms with Crippen LogP contribution in [-0.2, 0) is 6.54 Å². The normalized spacial score (nSPS) is 12.8. The van der Waals surface area contributed by atoms with Gasteiger partial charge in [-0.05, 0) is 43.0 Å². The highest BCUT2D eigenvalue weighted by Gasteiger charge is 2.12. The molecule has 0 aliphatic carbocycles. The van der Waals surface area contributed by atoms with Crippen LogP contribution in [0.2, 0.25) is 0 Å². The zero-order valence-corrected chi connectivity index (χ0v) is 13.6. The molecule has 1 rings (SSSR count). The minimum atomic E-state index is 0.843. The van der Waals surface area contributed by atoms with Gasteiger partial charge in [0.25, 0.3) is 0 Å². The minimum Gasteiger partial charge on any atom is -0.399 e.